The van der Waals surface area contributed by atoms with Crippen molar-refractivity contribution >= 4 is 65.4 Å². The van der Waals surface area contributed by atoms with E-state index in [1.54, 1.807) is 0 Å². The van der Waals surface area contributed by atoms with E-state index in [2.05, 4.69) is 209 Å². The first-order valence-electron chi connectivity index (χ1n) is 22.3. The van der Waals surface area contributed by atoms with Gasteiger partial charge in [-0.3, -0.25) is 0 Å². The average molecular weight is 784 g/mol. The number of aryl methyl sites for hydroxylation is 3. The number of hydrogen-bond acceptors (Lipinski definition) is 0. The summed E-state index contributed by atoms with van der Waals surface area (Å²) in [5.74, 6) is 0. The SMILES string of the molecule is CCC(C)(CC)c1ccc2c(c1)c1cc(C)ccc1n2-c1ccc2c(c1)c1cc(-n3c4ccc(C)cc4c4cc(C(C)(CC)CC)ccc43)ccc1n2-c1ccc(C)cc1. The van der Waals surface area contributed by atoms with Gasteiger partial charge in [-0.2, -0.15) is 0 Å². The molecule has 0 amide bonds. The van der Waals surface area contributed by atoms with Crippen molar-refractivity contribution in [2.45, 2.75) is 98.8 Å². The van der Waals surface area contributed by atoms with Gasteiger partial charge in [0.15, 0.2) is 0 Å². The van der Waals surface area contributed by atoms with Gasteiger partial charge < -0.3 is 13.7 Å². The minimum Gasteiger partial charge on any atom is -0.309 e. The van der Waals surface area contributed by atoms with Crippen LogP contribution in [0.1, 0.15) is 95.0 Å². The van der Waals surface area contributed by atoms with E-state index < -0.39 is 0 Å². The van der Waals surface area contributed by atoms with Crippen LogP contribution in [0, 0.1) is 20.8 Å². The lowest BCUT2D eigenvalue weighted by atomic mass is 9.77. The lowest BCUT2D eigenvalue weighted by Crippen LogP contribution is -2.19. The highest BCUT2D eigenvalue weighted by molar-refractivity contribution is 6.14. The van der Waals surface area contributed by atoms with Gasteiger partial charge in [0.1, 0.15) is 0 Å². The molecule has 0 unspecified atom stereocenters. The smallest absolute Gasteiger partial charge is 0.0542 e. The fourth-order valence-electron chi connectivity index (χ4n) is 10.1. The van der Waals surface area contributed by atoms with Crippen LogP contribution in [0.5, 0.6) is 0 Å². The Morgan fingerprint density at radius 1 is 0.317 bits per heavy atom. The molecule has 0 atom stereocenters. The first-order valence-corrected chi connectivity index (χ1v) is 22.3. The summed E-state index contributed by atoms with van der Waals surface area (Å²) in [7, 11) is 0. The molecule has 0 N–H and O–H groups in total. The number of aromatic nitrogens is 3. The van der Waals surface area contributed by atoms with E-state index in [-0.39, 0.29) is 10.8 Å². The van der Waals surface area contributed by atoms with E-state index in [9.17, 15) is 0 Å². The summed E-state index contributed by atoms with van der Waals surface area (Å²) in [6.07, 6.45) is 4.46. The lowest BCUT2D eigenvalue weighted by molar-refractivity contribution is 0.439. The zero-order valence-corrected chi connectivity index (χ0v) is 36.9. The van der Waals surface area contributed by atoms with Crippen LogP contribution in [0.2, 0.25) is 0 Å². The van der Waals surface area contributed by atoms with Crippen molar-refractivity contribution in [3.8, 4) is 17.1 Å². The number of nitrogens with zero attached hydrogens (tertiary/aromatic N) is 3. The molecule has 10 rings (SSSR count). The normalized spacial score (nSPS) is 12.7. The summed E-state index contributed by atoms with van der Waals surface area (Å²) >= 11 is 0. The molecule has 0 saturated carbocycles. The van der Waals surface area contributed by atoms with Crippen molar-refractivity contribution in [2.75, 3.05) is 0 Å². The summed E-state index contributed by atoms with van der Waals surface area (Å²) in [5.41, 5.74) is 17.9. The van der Waals surface area contributed by atoms with Crippen molar-refractivity contribution in [3.63, 3.8) is 0 Å². The standard InChI is InChI=1S/C57H57N3/c1-10-56(8,11-2)39-18-26-52-46(32-39)44-30-37(6)16-24-50(44)59(52)42-22-28-54-48(34-42)49-35-43(23-29-55(49)58(54)41-20-14-36(5)15-21-41)60-51-25-17-38(7)31-45(51)47-33-40(19-27-53(47)60)57(9,12-3)13-4/h14-35H,10-13H2,1-9H3. The Labute approximate surface area is 354 Å². The van der Waals surface area contributed by atoms with Crippen LogP contribution in [0.4, 0.5) is 0 Å². The van der Waals surface area contributed by atoms with Gasteiger partial charge >= 0.3 is 0 Å². The molecule has 3 nitrogen and oxygen atoms in total. The molecule has 0 aliphatic heterocycles. The van der Waals surface area contributed by atoms with Gasteiger partial charge in [0.05, 0.1) is 33.1 Å². The monoisotopic (exact) mass is 783 g/mol. The third kappa shape index (κ3) is 5.69. The second-order valence-electron chi connectivity index (χ2n) is 18.3. The molecule has 3 heteroatoms. The molecule has 0 saturated heterocycles. The highest BCUT2D eigenvalue weighted by Crippen LogP contribution is 2.42. The number of hydrogen-bond donors (Lipinski definition) is 0. The highest BCUT2D eigenvalue weighted by Gasteiger charge is 2.26. The van der Waals surface area contributed by atoms with Gasteiger partial charge in [-0.1, -0.05) is 94.6 Å². The predicted molar refractivity (Wildman–Crippen MR) is 260 cm³/mol. The van der Waals surface area contributed by atoms with E-state index in [0.717, 1.165) is 25.7 Å². The Hall–Kier alpha value is -6.06. The molecular formula is C57H57N3. The number of rotatable bonds is 9. The second kappa shape index (κ2) is 14.0. The Balaban J connectivity index is 1.25. The zero-order chi connectivity index (χ0) is 41.7. The largest absolute Gasteiger partial charge is 0.309 e. The van der Waals surface area contributed by atoms with Gasteiger partial charge in [0, 0.05) is 49.4 Å². The summed E-state index contributed by atoms with van der Waals surface area (Å²) in [6.45, 7) is 20.7. The van der Waals surface area contributed by atoms with Gasteiger partial charge in [0.25, 0.3) is 0 Å². The van der Waals surface area contributed by atoms with Crippen molar-refractivity contribution in [1.29, 1.82) is 0 Å². The molecule has 0 aliphatic rings. The Morgan fingerprint density at radius 3 is 0.983 bits per heavy atom. The van der Waals surface area contributed by atoms with Gasteiger partial charge in [0.2, 0.25) is 0 Å². The summed E-state index contributed by atoms with van der Waals surface area (Å²) in [4.78, 5) is 0. The van der Waals surface area contributed by atoms with E-state index >= 15 is 0 Å². The first-order chi connectivity index (χ1) is 29.0. The Morgan fingerprint density at radius 2 is 0.600 bits per heavy atom. The van der Waals surface area contributed by atoms with Crippen molar-refractivity contribution in [2.24, 2.45) is 0 Å². The Bertz CT molecular complexity index is 3100. The van der Waals surface area contributed by atoms with E-state index in [4.69, 9.17) is 0 Å². The molecule has 0 aliphatic carbocycles. The molecule has 3 heterocycles. The van der Waals surface area contributed by atoms with Gasteiger partial charge in [-0.15, -0.1) is 0 Å². The molecule has 300 valence electrons. The second-order valence-corrected chi connectivity index (χ2v) is 18.3. The maximum atomic E-state index is 2.49. The topological polar surface area (TPSA) is 14.8 Å². The zero-order valence-electron chi connectivity index (χ0n) is 36.9. The number of benzene rings is 7. The number of fused-ring (bicyclic) bond motifs is 9. The molecule has 10 aromatic rings. The van der Waals surface area contributed by atoms with Crippen molar-refractivity contribution in [3.05, 3.63) is 161 Å². The van der Waals surface area contributed by atoms with E-state index in [1.807, 2.05) is 0 Å². The lowest BCUT2D eigenvalue weighted by Gasteiger charge is -2.27. The average Bonchev–Trinajstić information content (AvgIpc) is 3.90. The van der Waals surface area contributed by atoms with E-state index in [0.29, 0.717) is 0 Å². The predicted octanol–water partition coefficient (Wildman–Crippen LogP) is 16.1. The van der Waals surface area contributed by atoms with Crippen LogP contribution >= 0.6 is 0 Å². The fourth-order valence-corrected chi connectivity index (χ4v) is 10.1. The third-order valence-electron chi connectivity index (χ3n) is 14.9. The van der Waals surface area contributed by atoms with Crippen LogP contribution in [0.15, 0.2) is 133 Å². The highest BCUT2D eigenvalue weighted by atomic mass is 15.0. The van der Waals surface area contributed by atoms with Gasteiger partial charge in [-0.05, 0) is 165 Å². The van der Waals surface area contributed by atoms with Crippen molar-refractivity contribution in [1.82, 2.24) is 13.7 Å². The molecule has 0 radical (unpaired) electrons. The minimum absolute atomic E-state index is 0.143. The fraction of sp³-hybridized carbons (Fsp3) is 0.263. The molecule has 0 fully saturated rings. The summed E-state index contributed by atoms with van der Waals surface area (Å²) in [6, 6.07) is 51.6. The molecular weight excluding hydrogens is 727 g/mol. The van der Waals surface area contributed by atoms with Crippen LogP contribution in [0.3, 0.4) is 0 Å². The minimum atomic E-state index is 0.143. The summed E-state index contributed by atoms with van der Waals surface area (Å²) in [5, 5.41) is 7.77. The van der Waals surface area contributed by atoms with Crippen LogP contribution in [0.25, 0.3) is 82.5 Å². The molecule has 60 heavy (non-hydrogen) atoms. The third-order valence-corrected chi connectivity index (χ3v) is 14.9. The quantitative estimate of drug-likeness (QED) is 0.138. The maximum absolute atomic E-state index is 2.49. The molecule has 7 aromatic carbocycles. The van der Waals surface area contributed by atoms with E-state index in [1.165, 1.54) is 110 Å². The van der Waals surface area contributed by atoms with Crippen LogP contribution < -0.4 is 0 Å². The maximum Gasteiger partial charge on any atom is 0.0542 e. The molecule has 0 bridgehead atoms. The molecule has 0 spiro atoms. The van der Waals surface area contributed by atoms with Gasteiger partial charge in [-0.25, -0.2) is 0 Å². The van der Waals surface area contributed by atoms with Crippen LogP contribution in [-0.4, -0.2) is 13.7 Å². The molecule has 3 aromatic heterocycles. The van der Waals surface area contributed by atoms with Crippen molar-refractivity contribution < 1.29 is 0 Å². The Kier molecular flexibility index (Phi) is 8.92. The first kappa shape index (κ1) is 38.2. The van der Waals surface area contributed by atoms with Crippen LogP contribution in [-0.2, 0) is 10.8 Å². The summed E-state index contributed by atoms with van der Waals surface area (Å²) < 4.78 is 7.44.